The van der Waals surface area contributed by atoms with Crippen LogP contribution in [0.3, 0.4) is 0 Å². The predicted octanol–water partition coefficient (Wildman–Crippen LogP) is 3.29. The molecule has 1 aromatic carbocycles. The number of benzene rings is 1. The van der Waals surface area contributed by atoms with E-state index in [0.717, 1.165) is 70.9 Å². The van der Waals surface area contributed by atoms with Gasteiger partial charge in [0.05, 0.1) is 12.7 Å². The Morgan fingerprint density at radius 1 is 0.838 bits per heavy atom. The molecule has 9 nitrogen and oxygen atoms in total. The van der Waals surface area contributed by atoms with E-state index in [1.165, 1.54) is 6.42 Å². The van der Waals surface area contributed by atoms with Crippen LogP contribution in [0.2, 0.25) is 0 Å². The average Bonchev–Trinajstić information content (AvgIpc) is 2.89. The number of rotatable bonds is 6. The minimum Gasteiger partial charge on any atom is -0.445 e. The highest BCUT2D eigenvalue weighted by Gasteiger charge is 2.30. The largest absolute Gasteiger partial charge is 0.445 e. The van der Waals surface area contributed by atoms with Crippen LogP contribution in [0.4, 0.5) is 9.59 Å². The van der Waals surface area contributed by atoms with Gasteiger partial charge in [0, 0.05) is 65.4 Å². The van der Waals surface area contributed by atoms with Crippen LogP contribution in [0.5, 0.6) is 0 Å². The number of piperazine rings is 2. The second-order valence-corrected chi connectivity index (χ2v) is 11.5. The van der Waals surface area contributed by atoms with Crippen molar-refractivity contribution in [3.05, 3.63) is 35.9 Å². The van der Waals surface area contributed by atoms with Crippen molar-refractivity contribution in [2.75, 3.05) is 72.1 Å². The van der Waals surface area contributed by atoms with Crippen LogP contribution in [0.1, 0.15) is 39.2 Å². The van der Waals surface area contributed by atoms with Gasteiger partial charge in [-0.25, -0.2) is 9.59 Å². The molecule has 2 amide bonds. The molecule has 3 fully saturated rings. The Morgan fingerprint density at radius 3 is 2.00 bits per heavy atom. The summed E-state index contributed by atoms with van der Waals surface area (Å²) in [6, 6.07) is 9.79. The van der Waals surface area contributed by atoms with E-state index in [1.54, 1.807) is 4.90 Å². The molecule has 0 aliphatic carbocycles. The summed E-state index contributed by atoms with van der Waals surface area (Å²) < 4.78 is 17.2. The zero-order valence-electron chi connectivity index (χ0n) is 22.8. The predicted molar refractivity (Wildman–Crippen MR) is 141 cm³/mol. The van der Waals surface area contributed by atoms with Gasteiger partial charge in [0.1, 0.15) is 12.2 Å². The van der Waals surface area contributed by atoms with Crippen LogP contribution in [0, 0.1) is 5.92 Å². The zero-order chi connectivity index (χ0) is 26.3. The van der Waals surface area contributed by atoms with E-state index in [2.05, 4.69) is 9.80 Å². The molecule has 3 aliphatic rings. The first-order valence-corrected chi connectivity index (χ1v) is 13.7. The first-order chi connectivity index (χ1) is 17.7. The van der Waals surface area contributed by atoms with E-state index in [-0.39, 0.29) is 18.3 Å². The maximum Gasteiger partial charge on any atom is 0.410 e. The number of nitrogens with zero attached hydrogens (tertiary/aromatic N) is 4. The van der Waals surface area contributed by atoms with Crippen molar-refractivity contribution in [1.82, 2.24) is 19.6 Å². The van der Waals surface area contributed by atoms with E-state index < -0.39 is 5.60 Å². The number of carbonyl (C=O) groups is 2. The molecule has 37 heavy (non-hydrogen) atoms. The van der Waals surface area contributed by atoms with E-state index in [0.29, 0.717) is 25.6 Å². The summed E-state index contributed by atoms with van der Waals surface area (Å²) in [6.07, 6.45) is 2.06. The van der Waals surface area contributed by atoms with E-state index >= 15 is 0 Å². The molecule has 0 saturated carbocycles. The van der Waals surface area contributed by atoms with Crippen molar-refractivity contribution >= 4 is 12.2 Å². The minimum absolute atomic E-state index is 0.207. The zero-order valence-corrected chi connectivity index (χ0v) is 22.8. The summed E-state index contributed by atoms with van der Waals surface area (Å²) in [6.45, 7) is 15.1. The first kappa shape index (κ1) is 27.7. The Balaban J connectivity index is 1.08. The summed E-state index contributed by atoms with van der Waals surface area (Å²) in [5.41, 5.74) is 0.553. The molecule has 0 unspecified atom stereocenters. The van der Waals surface area contributed by atoms with Crippen molar-refractivity contribution in [3.8, 4) is 0 Å². The minimum atomic E-state index is -0.452. The lowest BCUT2D eigenvalue weighted by atomic mass is 9.97. The second kappa shape index (κ2) is 12.9. The van der Waals surface area contributed by atoms with Crippen LogP contribution in [-0.2, 0) is 20.8 Å². The lowest BCUT2D eigenvalue weighted by molar-refractivity contribution is -0.0470. The number of hydrogen-bond donors (Lipinski definition) is 0. The Hall–Kier alpha value is -2.36. The number of hydrogen-bond acceptors (Lipinski definition) is 7. The van der Waals surface area contributed by atoms with Crippen LogP contribution in [0.25, 0.3) is 0 Å². The van der Waals surface area contributed by atoms with Gasteiger partial charge in [0.2, 0.25) is 0 Å². The van der Waals surface area contributed by atoms with Gasteiger partial charge >= 0.3 is 12.2 Å². The molecule has 0 spiro atoms. The highest BCUT2D eigenvalue weighted by atomic mass is 16.6. The summed E-state index contributed by atoms with van der Waals surface area (Å²) >= 11 is 0. The number of carbonyl (C=O) groups excluding carboxylic acids is 2. The second-order valence-electron chi connectivity index (χ2n) is 11.5. The average molecular weight is 517 g/mol. The molecular formula is C28H44N4O5. The molecule has 206 valence electrons. The van der Waals surface area contributed by atoms with Gasteiger partial charge in [0.25, 0.3) is 0 Å². The van der Waals surface area contributed by atoms with Gasteiger partial charge in [-0.2, -0.15) is 0 Å². The monoisotopic (exact) mass is 516 g/mol. The molecule has 0 radical (unpaired) electrons. The van der Waals surface area contributed by atoms with Crippen LogP contribution < -0.4 is 0 Å². The van der Waals surface area contributed by atoms with E-state index in [1.807, 2.05) is 56.0 Å². The Morgan fingerprint density at radius 2 is 1.43 bits per heavy atom. The fourth-order valence-electron chi connectivity index (χ4n) is 5.16. The molecular weight excluding hydrogens is 472 g/mol. The smallest absolute Gasteiger partial charge is 0.410 e. The molecule has 0 bridgehead atoms. The van der Waals surface area contributed by atoms with Crippen molar-refractivity contribution in [2.24, 2.45) is 5.92 Å². The summed E-state index contributed by atoms with van der Waals surface area (Å²) in [5.74, 6) is 0.542. The molecule has 0 N–H and O–H groups in total. The van der Waals surface area contributed by atoms with Crippen molar-refractivity contribution in [1.29, 1.82) is 0 Å². The topological polar surface area (TPSA) is 74.8 Å². The lowest BCUT2D eigenvalue weighted by Crippen LogP contribution is -2.52. The number of amides is 2. The van der Waals surface area contributed by atoms with Crippen molar-refractivity contribution < 1.29 is 23.8 Å². The van der Waals surface area contributed by atoms with Gasteiger partial charge < -0.3 is 24.0 Å². The summed E-state index contributed by atoms with van der Waals surface area (Å²) in [4.78, 5) is 33.2. The highest BCUT2D eigenvalue weighted by Crippen LogP contribution is 2.22. The maximum absolute atomic E-state index is 12.4. The molecule has 1 aromatic rings. The fraction of sp³-hybridized carbons (Fsp3) is 0.714. The van der Waals surface area contributed by atoms with Crippen molar-refractivity contribution in [2.45, 2.75) is 51.9 Å². The summed E-state index contributed by atoms with van der Waals surface area (Å²) in [5, 5.41) is 0. The summed E-state index contributed by atoms with van der Waals surface area (Å²) in [7, 11) is 0. The fourth-order valence-corrected chi connectivity index (χ4v) is 5.16. The molecule has 4 rings (SSSR count). The molecule has 3 saturated heterocycles. The third-order valence-corrected chi connectivity index (χ3v) is 7.30. The highest BCUT2D eigenvalue weighted by molar-refractivity contribution is 5.68. The number of ether oxygens (including phenoxy) is 3. The standard InChI is InChI=1S/C28H44N4O5/c1-28(2,3)37-27(34)32-17-11-29(12-18-32)19-24-9-10-25(35-22-24)20-30-13-15-31(16-14-30)26(33)36-21-23-7-5-4-6-8-23/h4-8,24-25H,9-22H2,1-3H3/t24-,25-/m0/s1. The Labute approximate surface area is 221 Å². The molecule has 0 aromatic heterocycles. The van der Waals surface area contributed by atoms with E-state index in [9.17, 15) is 9.59 Å². The quantitative estimate of drug-likeness (QED) is 0.574. The molecule has 3 aliphatic heterocycles. The third kappa shape index (κ3) is 8.86. The van der Waals surface area contributed by atoms with Crippen LogP contribution in [-0.4, -0.2) is 116 Å². The van der Waals surface area contributed by atoms with Gasteiger partial charge in [0.15, 0.2) is 0 Å². The molecule has 3 heterocycles. The Kier molecular flexibility index (Phi) is 9.67. The molecule has 9 heteroatoms. The van der Waals surface area contributed by atoms with Crippen LogP contribution in [0.15, 0.2) is 30.3 Å². The van der Waals surface area contributed by atoms with E-state index in [4.69, 9.17) is 14.2 Å². The first-order valence-electron chi connectivity index (χ1n) is 13.7. The maximum atomic E-state index is 12.4. The van der Waals surface area contributed by atoms with Gasteiger partial charge in [-0.1, -0.05) is 30.3 Å². The SMILES string of the molecule is CC(C)(C)OC(=O)N1CCN(C[C@@H]2CC[C@@H](CN3CCN(C(=O)OCc4ccccc4)CC3)OC2)CC1. The lowest BCUT2D eigenvalue weighted by Gasteiger charge is -2.40. The van der Waals surface area contributed by atoms with Gasteiger partial charge in [-0.15, -0.1) is 0 Å². The van der Waals surface area contributed by atoms with Crippen molar-refractivity contribution in [3.63, 3.8) is 0 Å². The van der Waals surface area contributed by atoms with Gasteiger partial charge in [-0.3, -0.25) is 9.80 Å². The van der Waals surface area contributed by atoms with Gasteiger partial charge in [-0.05, 0) is 45.1 Å². The Bertz CT molecular complexity index is 853. The normalized spacial score (nSPS) is 24.1. The third-order valence-electron chi connectivity index (χ3n) is 7.30. The molecule has 2 atom stereocenters. The van der Waals surface area contributed by atoms with Crippen LogP contribution >= 0.6 is 0 Å².